The lowest BCUT2D eigenvalue weighted by Crippen LogP contribution is -2.65. The summed E-state index contributed by atoms with van der Waals surface area (Å²) in [6, 6.07) is 3.54. The summed E-state index contributed by atoms with van der Waals surface area (Å²) in [6.45, 7) is 2.87. The molecule has 170 valence electrons. The first-order valence-corrected chi connectivity index (χ1v) is 12.3. The molecule has 31 heavy (non-hydrogen) atoms. The van der Waals surface area contributed by atoms with E-state index >= 15 is 0 Å². The molecule has 4 bridgehead atoms. The normalized spacial score (nSPS) is 32.1. The maximum absolute atomic E-state index is 14.3. The molecule has 0 aromatic heterocycles. The maximum Gasteiger partial charge on any atom is 0.244 e. The van der Waals surface area contributed by atoms with Crippen molar-refractivity contribution in [3.8, 4) is 0 Å². The van der Waals surface area contributed by atoms with Crippen LogP contribution in [0.3, 0.4) is 0 Å². The van der Waals surface area contributed by atoms with Crippen LogP contribution in [-0.4, -0.2) is 31.8 Å². The minimum absolute atomic E-state index is 0.136. The third-order valence-electron chi connectivity index (χ3n) is 7.26. The van der Waals surface area contributed by atoms with Crippen LogP contribution in [0.1, 0.15) is 46.0 Å². The Hall–Kier alpha value is -1.71. The zero-order chi connectivity index (χ0) is 22.8. The molecule has 1 aromatic carbocycles. The molecule has 2 amide bonds. The van der Waals surface area contributed by atoms with Crippen molar-refractivity contribution in [2.24, 2.45) is 28.9 Å². The number of nitrogens with one attached hydrogen (secondary N) is 2. The molecule has 10 heteroatoms. The highest BCUT2D eigenvalue weighted by molar-refractivity contribution is 7.89. The third-order valence-corrected chi connectivity index (χ3v) is 9.22. The van der Waals surface area contributed by atoms with Gasteiger partial charge in [-0.25, -0.2) is 12.8 Å². The highest BCUT2D eigenvalue weighted by Gasteiger charge is 2.58. The van der Waals surface area contributed by atoms with Crippen LogP contribution in [0.25, 0.3) is 0 Å². The van der Waals surface area contributed by atoms with Crippen molar-refractivity contribution >= 4 is 33.4 Å². The van der Waals surface area contributed by atoms with Gasteiger partial charge in [-0.05, 0) is 75.8 Å². The fraction of sp³-hybridized carbons (Fsp3) is 0.619. The van der Waals surface area contributed by atoms with Crippen LogP contribution in [0.2, 0.25) is 5.02 Å². The Kier molecular flexibility index (Phi) is 5.38. The summed E-state index contributed by atoms with van der Waals surface area (Å²) in [5, 5.41) is 2.70. The highest BCUT2D eigenvalue weighted by atomic mass is 35.5. The van der Waals surface area contributed by atoms with Gasteiger partial charge in [0.15, 0.2) is 5.82 Å². The van der Waals surface area contributed by atoms with E-state index in [2.05, 4.69) is 10.0 Å². The maximum atomic E-state index is 14.3. The molecule has 4 saturated carbocycles. The van der Waals surface area contributed by atoms with Crippen molar-refractivity contribution in [1.29, 1.82) is 0 Å². The fourth-order valence-corrected chi connectivity index (χ4v) is 7.73. The number of carbonyl (C=O) groups excluding carboxylic acids is 2. The molecule has 0 saturated heterocycles. The topological polar surface area (TPSA) is 118 Å². The van der Waals surface area contributed by atoms with E-state index < -0.39 is 37.6 Å². The van der Waals surface area contributed by atoms with Crippen LogP contribution < -0.4 is 15.8 Å². The molecule has 0 heterocycles. The monoisotopic (exact) mass is 471 g/mol. The van der Waals surface area contributed by atoms with Crippen molar-refractivity contribution in [3.05, 3.63) is 29.0 Å². The molecule has 2 atom stereocenters. The van der Waals surface area contributed by atoms with Gasteiger partial charge in [-0.1, -0.05) is 17.7 Å². The molecular formula is C21H27ClFN3O4S. The van der Waals surface area contributed by atoms with E-state index in [1.807, 2.05) is 0 Å². The van der Waals surface area contributed by atoms with Gasteiger partial charge in [-0.2, -0.15) is 4.72 Å². The van der Waals surface area contributed by atoms with Crippen molar-refractivity contribution in [1.82, 2.24) is 10.0 Å². The van der Waals surface area contributed by atoms with Crippen LogP contribution in [0, 0.1) is 29.0 Å². The smallest absolute Gasteiger partial charge is 0.244 e. The van der Waals surface area contributed by atoms with Crippen LogP contribution in [0.15, 0.2) is 23.1 Å². The average molecular weight is 472 g/mol. The lowest BCUT2D eigenvalue weighted by Gasteiger charge is -2.59. The summed E-state index contributed by atoms with van der Waals surface area (Å²) >= 11 is 5.71. The first kappa shape index (κ1) is 22.5. The van der Waals surface area contributed by atoms with Crippen LogP contribution >= 0.6 is 11.6 Å². The SMILES string of the molecule is CC(C)(NS(=O)(=O)c1cccc(Cl)c1F)C(=O)NC1C2CC3CC1CC(C(N)=O)(C3)C2. The second-order valence-electron chi connectivity index (χ2n) is 9.90. The van der Waals surface area contributed by atoms with Gasteiger partial charge in [0, 0.05) is 11.5 Å². The first-order chi connectivity index (χ1) is 14.3. The summed E-state index contributed by atoms with van der Waals surface area (Å²) in [6.07, 6.45) is 3.99. The van der Waals surface area contributed by atoms with Crippen LogP contribution in [-0.2, 0) is 19.6 Å². The van der Waals surface area contributed by atoms with Crippen molar-refractivity contribution in [2.75, 3.05) is 0 Å². The molecule has 4 N–H and O–H groups in total. The van der Waals surface area contributed by atoms with E-state index in [-0.39, 0.29) is 28.8 Å². The summed E-state index contributed by atoms with van der Waals surface area (Å²) in [7, 11) is -4.33. The van der Waals surface area contributed by atoms with E-state index in [0.29, 0.717) is 18.8 Å². The molecule has 4 aliphatic rings. The summed E-state index contributed by atoms with van der Waals surface area (Å²) in [4.78, 5) is 24.6. The Balaban J connectivity index is 1.50. The number of hydrogen-bond acceptors (Lipinski definition) is 4. The van der Waals surface area contributed by atoms with E-state index in [4.69, 9.17) is 17.3 Å². The van der Waals surface area contributed by atoms with E-state index in [1.165, 1.54) is 26.0 Å². The molecular weight excluding hydrogens is 445 g/mol. The lowest BCUT2D eigenvalue weighted by molar-refractivity contribution is -0.148. The summed E-state index contributed by atoms with van der Waals surface area (Å²) in [5.74, 6) is -1.10. The molecule has 7 nitrogen and oxygen atoms in total. The standard InChI is InChI=1S/C21H27ClFN3O4S/c1-20(2,26-31(29,30)15-5-3-4-14(22)16(15)23)19(28)25-17-12-6-11-7-13(17)10-21(8-11,9-12)18(24)27/h3-5,11-13,17,26H,6-10H2,1-2H3,(H2,24,27)(H,25,28). The van der Waals surface area contributed by atoms with Gasteiger partial charge < -0.3 is 11.1 Å². The van der Waals surface area contributed by atoms with Gasteiger partial charge in [-0.3, -0.25) is 9.59 Å². The minimum atomic E-state index is -4.33. The number of carbonyl (C=O) groups is 2. The Bertz CT molecular complexity index is 1030. The Morgan fingerprint density at radius 2 is 1.81 bits per heavy atom. The number of hydrogen-bond donors (Lipinski definition) is 3. The fourth-order valence-electron chi connectivity index (χ4n) is 6.02. The second-order valence-corrected chi connectivity index (χ2v) is 12.0. The quantitative estimate of drug-likeness (QED) is 0.590. The predicted octanol–water partition coefficient (Wildman–Crippen LogP) is 2.33. The molecule has 4 fully saturated rings. The van der Waals surface area contributed by atoms with Gasteiger partial charge in [-0.15, -0.1) is 0 Å². The number of benzene rings is 1. The number of amides is 2. The van der Waals surface area contributed by atoms with Crippen LogP contribution in [0.4, 0.5) is 4.39 Å². The first-order valence-electron chi connectivity index (χ1n) is 10.4. The minimum Gasteiger partial charge on any atom is -0.369 e. The average Bonchev–Trinajstić information content (AvgIpc) is 2.65. The molecule has 5 rings (SSSR count). The van der Waals surface area contributed by atoms with E-state index in [0.717, 1.165) is 25.3 Å². The number of halogens is 2. The second kappa shape index (κ2) is 7.42. The summed E-state index contributed by atoms with van der Waals surface area (Å²) < 4.78 is 42.0. The third kappa shape index (κ3) is 3.85. The van der Waals surface area contributed by atoms with Crippen molar-refractivity contribution in [3.63, 3.8) is 0 Å². The van der Waals surface area contributed by atoms with Crippen molar-refractivity contribution < 1.29 is 22.4 Å². The van der Waals surface area contributed by atoms with Gasteiger partial charge in [0.1, 0.15) is 10.4 Å². The zero-order valence-electron chi connectivity index (χ0n) is 17.5. The summed E-state index contributed by atoms with van der Waals surface area (Å²) in [5.41, 5.74) is 3.71. The van der Waals surface area contributed by atoms with Gasteiger partial charge >= 0.3 is 0 Å². The van der Waals surface area contributed by atoms with Gasteiger partial charge in [0.2, 0.25) is 21.8 Å². The molecule has 4 aliphatic carbocycles. The molecule has 0 spiro atoms. The Morgan fingerprint density at radius 1 is 1.19 bits per heavy atom. The number of sulfonamides is 1. The van der Waals surface area contributed by atoms with Gasteiger partial charge in [0.25, 0.3) is 0 Å². The Labute approximate surface area is 186 Å². The largest absolute Gasteiger partial charge is 0.369 e. The number of nitrogens with two attached hydrogens (primary N) is 1. The number of primary amides is 1. The van der Waals surface area contributed by atoms with Crippen LogP contribution in [0.5, 0.6) is 0 Å². The predicted molar refractivity (Wildman–Crippen MR) is 113 cm³/mol. The van der Waals surface area contributed by atoms with Crippen molar-refractivity contribution in [2.45, 2.75) is 62.4 Å². The molecule has 0 aliphatic heterocycles. The molecule has 0 radical (unpaired) electrons. The highest BCUT2D eigenvalue weighted by Crippen LogP contribution is 2.59. The van der Waals surface area contributed by atoms with E-state index in [1.54, 1.807) is 0 Å². The number of rotatable bonds is 6. The molecule has 2 unspecified atom stereocenters. The van der Waals surface area contributed by atoms with Gasteiger partial charge in [0.05, 0.1) is 5.02 Å². The molecule has 1 aromatic rings. The zero-order valence-corrected chi connectivity index (χ0v) is 19.0. The lowest BCUT2D eigenvalue weighted by atomic mass is 9.47. The van der Waals surface area contributed by atoms with E-state index in [9.17, 15) is 22.4 Å². The Morgan fingerprint density at radius 3 is 2.39 bits per heavy atom.